The van der Waals surface area contributed by atoms with Crippen molar-refractivity contribution in [1.82, 2.24) is 0 Å². The summed E-state index contributed by atoms with van der Waals surface area (Å²) in [5.74, 6) is 1.79. The van der Waals surface area contributed by atoms with Crippen molar-refractivity contribution in [3.05, 3.63) is 35.5 Å². The van der Waals surface area contributed by atoms with Crippen LogP contribution in [0.15, 0.2) is 35.5 Å². The second kappa shape index (κ2) is 11.9. The van der Waals surface area contributed by atoms with Gasteiger partial charge in [0.25, 0.3) is 0 Å². The number of carbonyl (C=O) groups is 1. The number of aliphatic hydroxyl groups is 3. The molecule has 7 atom stereocenters. The van der Waals surface area contributed by atoms with Crippen molar-refractivity contribution in [2.45, 2.75) is 135 Å². The van der Waals surface area contributed by atoms with Gasteiger partial charge < -0.3 is 15.3 Å². The molecule has 0 spiro atoms. The maximum atomic E-state index is 12.6. The molecule has 0 aliphatic heterocycles. The summed E-state index contributed by atoms with van der Waals surface area (Å²) in [4.78, 5) is 12.6. The number of hydrogen-bond donors (Lipinski definition) is 3. The standard InChI is InChI=1S/C33H52O4/c1-5-6-11-31(37)33(18-19-33)17-8-10-29(35)23(3)27-14-15-28-24(9-7-16-32(27,28)4)12-13-25-20-26(34)21-30(36)22(25)2/h12-13,23,26-30,34-36H,2,5-11,14-21H2,1,3-4H3/b24-12+,25-13-/t23-,26+,27+,28-,29+,30-,32+/m0/s1. The number of allylic oxidation sites excluding steroid dienone is 3. The largest absolute Gasteiger partial charge is 0.393 e. The van der Waals surface area contributed by atoms with Gasteiger partial charge in [0.1, 0.15) is 5.78 Å². The highest BCUT2D eigenvalue weighted by Crippen LogP contribution is 2.60. The van der Waals surface area contributed by atoms with Crippen LogP contribution in [0.5, 0.6) is 0 Å². The molecule has 0 aromatic carbocycles. The van der Waals surface area contributed by atoms with Crippen LogP contribution in [0.25, 0.3) is 0 Å². The molecule has 208 valence electrons. The molecule has 37 heavy (non-hydrogen) atoms. The zero-order valence-corrected chi connectivity index (χ0v) is 23.7. The van der Waals surface area contributed by atoms with Crippen molar-refractivity contribution in [3.8, 4) is 0 Å². The third-order valence-corrected chi connectivity index (χ3v) is 10.9. The molecule has 0 aromatic heterocycles. The summed E-state index contributed by atoms with van der Waals surface area (Å²) in [6, 6.07) is 0. The molecule has 4 fully saturated rings. The van der Waals surface area contributed by atoms with Gasteiger partial charge >= 0.3 is 0 Å². The lowest BCUT2D eigenvalue weighted by Gasteiger charge is -2.45. The van der Waals surface area contributed by atoms with Gasteiger partial charge in [-0.05, 0) is 111 Å². The fourth-order valence-electron chi connectivity index (χ4n) is 8.21. The number of rotatable bonds is 11. The molecule has 4 nitrogen and oxygen atoms in total. The van der Waals surface area contributed by atoms with Crippen molar-refractivity contribution in [3.63, 3.8) is 0 Å². The van der Waals surface area contributed by atoms with E-state index in [1.165, 1.54) is 24.8 Å². The van der Waals surface area contributed by atoms with E-state index in [0.29, 0.717) is 30.5 Å². The summed E-state index contributed by atoms with van der Waals surface area (Å²) < 4.78 is 0. The highest BCUT2D eigenvalue weighted by atomic mass is 16.3. The van der Waals surface area contributed by atoms with Crippen molar-refractivity contribution in [1.29, 1.82) is 0 Å². The van der Waals surface area contributed by atoms with Gasteiger partial charge in [0.05, 0.1) is 18.3 Å². The van der Waals surface area contributed by atoms with Crippen molar-refractivity contribution >= 4 is 5.78 Å². The number of carbonyl (C=O) groups excluding carboxylic acids is 1. The number of aliphatic hydroxyl groups excluding tert-OH is 3. The van der Waals surface area contributed by atoms with Crippen molar-refractivity contribution < 1.29 is 20.1 Å². The number of ketones is 1. The van der Waals surface area contributed by atoms with Crippen LogP contribution in [0.4, 0.5) is 0 Å². The van der Waals surface area contributed by atoms with E-state index in [2.05, 4.69) is 39.5 Å². The van der Waals surface area contributed by atoms with Gasteiger partial charge in [-0.15, -0.1) is 0 Å². The molecule has 3 N–H and O–H groups in total. The quantitative estimate of drug-likeness (QED) is 0.283. The minimum absolute atomic E-state index is 0.0458. The van der Waals surface area contributed by atoms with Gasteiger partial charge in [0.2, 0.25) is 0 Å². The number of hydrogen-bond acceptors (Lipinski definition) is 4. The maximum Gasteiger partial charge on any atom is 0.139 e. The zero-order chi connectivity index (χ0) is 26.8. The van der Waals surface area contributed by atoms with E-state index in [1.54, 1.807) is 0 Å². The molecule has 0 aromatic rings. The monoisotopic (exact) mass is 512 g/mol. The molecule has 4 aliphatic carbocycles. The van der Waals surface area contributed by atoms with E-state index in [1.807, 2.05) is 0 Å². The Morgan fingerprint density at radius 3 is 2.62 bits per heavy atom. The van der Waals surface area contributed by atoms with Crippen LogP contribution in [0.1, 0.15) is 117 Å². The van der Waals surface area contributed by atoms with Crippen LogP contribution in [0, 0.1) is 28.6 Å². The Hall–Kier alpha value is -1.23. The van der Waals surface area contributed by atoms with Crippen LogP contribution in [-0.2, 0) is 4.79 Å². The summed E-state index contributed by atoms with van der Waals surface area (Å²) in [5.41, 5.74) is 3.39. The molecule has 0 heterocycles. The molecule has 4 saturated carbocycles. The number of unbranched alkanes of at least 4 members (excludes halogenated alkanes) is 1. The lowest BCUT2D eigenvalue weighted by molar-refractivity contribution is -0.124. The van der Waals surface area contributed by atoms with Gasteiger partial charge in [-0.3, -0.25) is 4.79 Å². The molecule has 0 amide bonds. The maximum absolute atomic E-state index is 12.6. The van der Waals surface area contributed by atoms with E-state index in [9.17, 15) is 20.1 Å². The van der Waals surface area contributed by atoms with E-state index in [0.717, 1.165) is 75.4 Å². The molecule has 4 aliphatic rings. The first-order chi connectivity index (χ1) is 17.6. The minimum Gasteiger partial charge on any atom is -0.393 e. The third-order valence-electron chi connectivity index (χ3n) is 10.9. The SMILES string of the molecule is C=C1/C(=C\C=C2/CCC[C@]3(C)[C@@H]([C@H](C)[C@H](O)CCCC4(C(=O)CCCC)CC4)CC[C@@H]23)C[C@@H](O)C[C@@H]1O. The van der Waals surface area contributed by atoms with E-state index >= 15 is 0 Å². The third kappa shape index (κ3) is 6.17. The normalized spacial score (nSPS) is 37.0. The van der Waals surface area contributed by atoms with Crippen LogP contribution >= 0.6 is 0 Å². The predicted molar refractivity (Wildman–Crippen MR) is 150 cm³/mol. The summed E-state index contributed by atoms with van der Waals surface area (Å²) in [5, 5.41) is 31.5. The molecular weight excluding hydrogens is 460 g/mol. The Morgan fingerprint density at radius 2 is 1.92 bits per heavy atom. The first-order valence-electron chi connectivity index (χ1n) is 15.3. The zero-order valence-electron chi connectivity index (χ0n) is 23.7. The van der Waals surface area contributed by atoms with Gasteiger partial charge in [-0.25, -0.2) is 0 Å². The number of Topliss-reactive ketones (excluding diaryl/α,β-unsaturated/α-hetero) is 1. The molecule has 0 radical (unpaired) electrons. The van der Waals surface area contributed by atoms with Crippen LogP contribution in [0.2, 0.25) is 0 Å². The smallest absolute Gasteiger partial charge is 0.139 e. The molecule has 4 rings (SSSR count). The fraction of sp³-hybridized carbons (Fsp3) is 0.788. The van der Waals surface area contributed by atoms with Gasteiger partial charge in [0, 0.05) is 18.3 Å². The number of fused-ring (bicyclic) bond motifs is 1. The van der Waals surface area contributed by atoms with Crippen LogP contribution in [0.3, 0.4) is 0 Å². The van der Waals surface area contributed by atoms with E-state index in [4.69, 9.17) is 0 Å². The Morgan fingerprint density at radius 1 is 1.16 bits per heavy atom. The van der Waals surface area contributed by atoms with Crippen molar-refractivity contribution in [2.24, 2.45) is 28.6 Å². The van der Waals surface area contributed by atoms with E-state index in [-0.39, 0.29) is 22.9 Å². The second-order valence-electron chi connectivity index (χ2n) is 13.3. The highest BCUT2D eigenvalue weighted by Gasteiger charge is 2.52. The van der Waals surface area contributed by atoms with Crippen LogP contribution in [-0.4, -0.2) is 39.4 Å². The van der Waals surface area contributed by atoms with Gasteiger partial charge in [-0.1, -0.05) is 51.5 Å². The lowest BCUT2D eigenvalue weighted by atomic mass is 9.60. The molecule has 4 heteroatoms. The Balaban J connectivity index is 1.36. The second-order valence-corrected chi connectivity index (χ2v) is 13.3. The molecule has 0 unspecified atom stereocenters. The predicted octanol–water partition coefficient (Wildman–Crippen LogP) is 6.83. The first-order valence-corrected chi connectivity index (χ1v) is 15.3. The Bertz CT molecular complexity index is 896. The summed E-state index contributed by atoms with van der Waals surface area (Å²) in [7, 11) is 0. The lowest BCUT2D eigenvalue weighted by Crippen LogP contribution is -2.39. The molecule has 0 saturated heterocycles. The highest BCUT2D eigenvalue weighted by molar-refractivity contribution is 5.87. The van der Waals surface area contributed by atoms with Gasteiger partial charge in [0.15, 0.2) is 0 Å². The molecular formula is C33H52O4. The summed E-state index contributed by atoms with van der Waals surface area (Å²) >= 11 is 0. The minimum atomic E-state index is -0.646. The average molecular weight is 513 g/mol. The summed E-state index contributed by atoms with van der Waals surface area (Å²) in [6.45, 7) is 10.9. The first kappa shape index (κ1) is 28.8. The molecule has 0 bridgehead atoms. The fourth-order valence-corrected chi connectivity index (χ4v) is 8.21. The van der Waals surface area contributed by atoms with Crippen molar-refractivity contribution in [2.75, 3.05) is 0 Å². The topological polar surface area (TPSA) is 77.8 Å². The summed E-state index contributed by atoms with van der Waals surface area (Å²) in [6.07, 6.45) is 17.4. The van der Waals surface area contributed by atoms with Crippen LogP contribution < -0.4 is 0 Å². The Kier molecular flexibility index (Phi) is 9.24. The Labute approximate surface area is 225 Å². The van der Waals surface area contributed by atoms with E-state index < -0.39 is 12.2 Å². The van der Waals surface area contributed by atoms with Gasteiger partial charge in [-0.2, -0.15) is 0 Å². The average Bonchev–Trinajstić information content (AvgIpc) is 3.57.